The number of aryl methyl sites for hydroxylation is 1. The van der Waals surface area contributed by atoms with Gasteiger partial charge in [-0.25, -0.2) is 0 Å². The molecule has 3 nitrogen and oxygen atoms in total. The van der Waals surface area contributed by atoms with Gasteiger partial charge in [-0.3, -0.25) is 0 Å². The first-order chi connectivity index (χ1) is 7.91. The van der Waals surface area contributed by atoms with Crippen molar-refractivity contribution in [3.05, 3.63) is 35.1 Å². The lowest BCUT2D eigenvalue weighted by Gasteiger charge is -2.22. The fourth-order valence-electron chi connectivity index (χ4n) is 1.73. The quantitative estimate of drug-likeness (QED) is 0.772. The lowest BCUT2D eigenvalue weighted by molar-refractivity contribution is 0.400. The van der Waals surface area contributed by atoms with E-state index in [0.717, 1.165) is 22.0 Å². The van der Waals surface area contributed by atoms with E-state index < -0.39 is 0 Å². The Bertz CT molecular complexity index is 538. The number of hydrogen-bond donors (Lipinski definition) is 0. The molecule has 2 aromatic rings. The fourth-order valence-corrected chi connectivity index (χ4v) is 1.94. The lowest BCUT2D eigenvalue weighted by Crippen LogP contribution is -2.22. The molecule has 0 fully saturated rings. The molecule has 0 atom stereocenters. The van der Waals surface area contributed by atoms with Crippen LogP contribution >= 0.6 is 11.6 Å². The van der Waals surface area contributed by atoms with Crippen LogP contribution < -0.4 is 0 Å². The molecule has 90 valence electrons. The highest BCUT2D eigenvalue weighted by Gasteiger charge is 2.20. The number of halogens is 1. The summed E-state index contributed by atoms with van der Waals surface area (Å²) in [6, 6.07) is 5.95. The summed E-state index contributed by atoms with van der Waals surface area (Å²) in [5.74, 6) is 0.811. The highest BCUT2D eigenvalue weighted by atomic mass is 35.5. The zero-order chi connectivity index (χ0) is 12.6. The second kappa shape index (κ2) is 4.15. The summed E-state index contributed by atoms with van der Waals surface area (Å²) in [6.07, 6.45) is 1.74. The molecule has 0 N–H and O–H groups in total. The van der Waals surface area contributed by atoms with Gasteiger partial charge >= 0.3 is 0 Å². The summed E-state index contributed by atoms with van der Waals surface area (Å²) >= 11 is 6.33. The third-order valence-electron chi connectivity index (χ3n) is 2.70. The Labute approximate surface area is 106 Å². The van der Waals surface area contributed by atoms with Crippen LogP contribution in [0.15, 0.2) is 24.5 Å². The van der Waals surface area contributed by atoms with Crippen molar-refractivity contribution >= 4 is 11.6 Å². The van der Waals surface area contributed by atoms with Crippen molar-refractivity contribution < 1.29 is 0 Å². The Kier molecular flexibility index (Phi) is 2.96. The number of rotatable bonds is 1. The third-order valence-corrected chi connectivity index (χ3v) is 3.20. The highest BCUT2D eigenvalue weighted by Crippen LogP contribution is 2.31. The van der Waals surface area contributed by atoms with Crippen molar-refractivity contribution in [2.24, 2.45) is 0 Å². The predicted molar refractivity (Wildman–Crippen MR) is 70.2 cm³/mol. The largest absolute Gasteiger partial charge is 0.308 e. The minimum atomic E-state index is -0.0636. The summed E-state index contributed by atoms with van der Waals surface area (Å²) in [6.45, 7) is 8.33. The summed E-state index contributed by atoms with van der Waals surface area (Å²) < 4.78 is 2.04. The summed E-state index contributed by atoms with van der Waals surface area (Å²) in [5.41, 5.74) is 1.91. The van der Waals surface area contributed by atoms with Gasteiger partial charge in [0.1, 0.15) is 6.33 Å². The van der Waals surface area contributed by atoms with Crippen molar-refractivity contribution in [1.82, 2.24) is 14.8 Å². The molecule has 1 aromatic heterocycles. The molecule has 0 radical (unpaired) electrons. The molecule has 2 rings (SSSR count). The smallest absolute Gasteiger partial charge is 0.165 e. The molecule has 0 saturated carbocycles. The molecule has 17 heavy (non-hydrogen) atoms. The molecular weight excluding hydrogens is 234 g/mol. The second-order valence-corrected chi connectivity index (χ2v) is 5.51. The van der Waals surface area contributed by atoms with Gasteiger partial charge in [0.2, 0.25) is 0 Å². The average molecular weight is 250 g/mol. The van der Waals surface area contributed by atoms with Gasteiger partial charge in [0, 0.05) is 11.1 Å². The van der Waals surface area contributed by atoms with E-state index in [4.69, 9.17) is 11.6 Å². The summed E-state index contributed by atoms with van der Waals surface area (Å²) in [5, 5.41) is 8.92. The van der Waals surface area contributed by atoms with Crippen molar-refractivity contribution in [2.45, 2.75) is 33.2 Å². The van der Waals surface area contributed by atoms with Crippen molar-refractivity contribution in [3.63, 3.8) is 0 Å². The zero-order valence-corrected chi connectivity index (χ0v) is 11.3. The first kappa shape index (κ1) is 12.1. The Morgan fingerprint density at radius 1 is 1.24 bits per heavy atom. The van der Waals surface area contributed by atoms with Crippen LogP contribution in [-0.4, -0.2) is 14.8 Å². The topological polar surface area (TPSA) is 30.7 Å². The van der Waals surface area contributed by atoms with Gasteiger partial charge in [0.05, 0.1) is 5.02 Å². The maximum atomic E-state index is 6.33. The zero-order valence-electron chi connectivity index (χ0n) is 10.5. The first-order valence-electron chi connectivity index (χ1n) is 5.57. The van der Waals surface area contributed by atoms with Gasteiger partial charge in [-0.05, 0) is 39.3 Å². The molecule has 4 heteroatoms. The minimum Gasteiger partial charge on any atom is -0.308 e. The Hall–Kier alpha value is -1.35. The van der Waals surface area contributed by atoms with Crippen LogP contribution in [0.1, 0.15) is 26.3 Å². The minimum absolute atomic E-state index is 0.0636. The molecule has 0 unspecified atom stereocenters. The molecule has 1 aromatic carbocycles. The van der Waals surface area contributed by atoms with Crippen molar-refractivity contribution in [3.8, 4) is 11.4 Å². The van der Waals surface area contributed by atoms with E-state index in [1.54, 1.807) is 6.33 Å². The summed E-state index contributed by atoms with van der Waals surface area (Å²) in [7, 11) is 0. The van der Waals surface area contributed by atoms with Gasteiger partial charge in [-0.2, -0.15) is 0 Å². The Morgan fingerprint density at radius 2 is 1.94 bits per heavy atom. The lowest BCUT2D eigenvalue weighted by atomic mass is 10.1. The molecule has 0 aliphatic heterocycles. The molecule has 0 bridgehead atoms. The SMILES string of the molecule is Cc1cccc(-c2nncn2C(C)(C)C)c1Cl. The van der Waals surface area contributed by atoms with Crippen LogP contribution in [0.2, 0.25) is 5.02 Å². The number of nitrogens with zero attached hydrogens (tertiary/aromatic N) is 3. The molecule has 0 saturated heterocycles. The maximum absolute atomic E-state index is 6.33. The molecule has 0 amide bonds. The first-order valence-corrected chi connectivity index (χ1v) is 5.95. The monoisotopic (exact) mass is 249 g/mol. The van der Waals surface area contributed by atoms with E-state index in [-0.39, 0.29) is 5.54 Å². The third kappa shape index (κ3) is 2.20. The second-order valence-electron chi connectivity index (χ2n) is 5.13. The number of aromatic nitrogens is 3. The Balaban J connectivity index is 2.62. The van der Waals surface area contributed by atoms with E-state index in [2.05, 4.69) is 31.0 Å². The molecule has 0 aliphatic carbocycles. The van der Waals surface area contributed by atoms with Gasteiger partial charge in [0.15, 0.2) is 5.82 Å². The number of benzene rings is 1. The average Bonchev–Trinajstić information content (AvgIpc) is 2.70. The van der Waals surface area contributed by atoms with E-state index in [9.17, 15) is 0 Å². The molecule has 0 aliphatic rings. The van der Waals surface area contributed by atoms with Gasteiger partial charge in [-0.15, -0.1) is 10.2 Å². The van der Waals surface area contributed by atoms with Crippen LogP contribution in [0.3, 0.4) is 0 Å². The van der Waals surface area contributed by atoms with Gasteiger partial charge < -0.3 is 4.57 Å². The van der Waals surface area contributed by atoms with Crippen LogP contribution in [0.4, 0.5) is 0 Å². The van der Waals surface area contributed by atoms with Crippen LogP contribution in [0.5, 0.6) is 0 Å². The summed E-state index contributed by atoms with van der Waals surface area (Å²) in [4.78, 5) is 0. The predicted octanol–water partition coefficient (Wildman–Crippen LogP) is 3.66. The van der Waals surface area contributed by atoms with Gasteiger partial charge in [-0.1, -0.05) is 23.7 Å². The van der Waals surface area contributed by atoms with Crippen LogP contribution in [-0.2, 0) is 5.54 Å². The maximum Gasteiger partial charge on any atom is 0.165 e. The van der Waals surface area contributed by atoms with Crippen LogP contribution in [0, 0.1) is 6.92 Å². The molecule has 1 heterocycles. The molecular formula is C13H16ClN3. The Morgan fingerprint density at radius 3 is 2.59 bits per heavy atom. The number of hydrogen-bond acceptors (Lipinski definition) is 2. The van der Waals surface area contributed by atoms with E-state index >= 15 is 0 Å². The van der Waals surface area contributed by atoms with Gasteiger partial charge in [0.25, 0.3) is 0 Å². The van der Waals surface area contributed by atoms with Crippen molar-refractivity contribution in [1.29, 1.82) is 0 Å². The molecule has 0 spiro atoms. The van der Waals surface area contributed by atoms with Crippen LogP contribution in [0.25, 0.3) is 11.4 Å². The van der Waals surface area contributed by atoms with Crippen molar-refractivity contribution in [2.75, 3.05) is 0 Å². The highest BCUT2D eigenvalue weighted by molar-refractivity contribution is 6.33. The van der Waals surface area contributed by atoms with E-state index in [1.807, 2.05) is 29.7 Å². The fraction of sp³-hybridized carbons (Fsp3) is 0.385. The van der Waals surface area contributed by atoms with E-state index in [0.29, 0.717) is 0 Å². The normalized spacial score (nSPS) is 11.8. The standard InChI is InChI=1S/C13H16ClN3/c1-9-6-5-7-10(11(9)14)12-16-15-8-17(12)13(2,3)4/h5-8H,1-4H3. The van der Waals surface area contributed by atoms with E-state index in [1.165, 1.54) is 0 Å².